The fourth-order valence-corrected chi connectivity index (χ4v) is 2.37. The van der Waals surface area contributed by atoms with E-state index in [-0.39, 0.29) is 11.9 Å². The Labute approximate surface area is 115 Å². The van der Waals surface area contributed by atoms with Gasteiger partial charge < -0.3 is 5.73 Å². The predicted molar refractivity (Wildman–Crippen MR) is 75.9 cm³/mol. The highest BCUT2D eigenvalue weighted by Crippen LogP contribution is 2.21. The molecule has 3 heteroatoms. The maximum Gasteiger partial charge on any atom is 0.137 e. The highest BCUT2D eigenvalue weighted by Gasteiger charge is 2.08. The molecule has 0 bridgehead atoms. The first kappa shape index (κ1) is 13.2. The first-order chi connectivity index (χ1) is 8.56. The smallest absolute Gasteiger partial charge is 0.137 e. The van der Waals surface area contributed by atoms with Crippen molar-refractivity contribution in [3.63, 3.8) is 0 Å². The van der Waals surface area contributed by atoms with Gasteiger partial charge in [0.25, 0.3) is 0 Å². The molecule has 2 aromatic rings. The lowest BCUT2D eigenvalue weighted by Gasteiger charge is -2.13. The predicted octanol–water partition coefficient (Wildman–Crippen LogP) is 4.14. The van der Waals surface area contributed by atoms with Gasteiger partial charge in [0.2, 0.25) is 0 Å². The molecule has 0 aromatic heterocycles. The Morgan fingerprint density at radius 3 is 2.67 bits per heavy atom. The van der Waals surface area contributed by atoms with Gasteiger partial charge in [-0.3, -0.25) is 0 Å². The molecule has 94 valence electrons. The lowest BCUT2D eigenvalue weighted by molar-refractivity contribution is 0.618. The van der Waals surface area contributed by atoms with Crippen molar-refractivity contribution in [1.82, 2.24) is 0 Å². The second-order valence-corrected chi connectivity index (χ2v) is 5.33. The van der Waals surface area contributed by atoms with Crippen LogP contribution in [0.2, 0.25) is 0 Å². The van der Waals surface area contributed by atoms with Gasteiger partial charge in [0, 0.05) is 6.04 Å². The van der Waals surface area contributed by atoms with Crippen LogP contribution in [0.15, 0.2) is 46.9 Å². The monoisotopic (exact) mass is 307 g/mol. The summed E-state index contributed by atoms with van der Waals surface area (Å²) in [6.07, 6.45) is 0.697. The quantitative estimate of drug-likeness (QED) is 0.906. The summed E-state index contributed by atoms with van der Waals surface area (Å²) in [5, 5.41) is 0. The molecule has 0 aliphatic heterocycles. The fourth-order valence-electron chi connectivity index (χ4n) is 1.94. The average molecular weight is 308 g/mol. The van der Waals surface area contributed by atoms with Gasteiger partial charge in [0.15, 0.2) is 0 Å². The summed E-state index contributed by atoms with van der Waals surface area (Å²) in [7, 11) is 0. The molecule has 0 fully saturated rings. The van der Waals surface area contributed by atoms with Crippen LogP contribution in [0.5, 0.6) is 0 Å². The molecule has 1 atom stereocenters. The Morgan fingerprint density at radius 1 is 1.22 bits per heavy atom. The molecule has 0 saturated carbocycles. The van der Waals surface area contributed by atoms with Crippen LogP contribution in [0.4, 0.5) is 4.39 Å². The third-order valence-electron chi connectivity index (χ3n) is 2.91. The van der Waals surface area contributed by atoms with E-state index in [1.54, 1.807) is 12.1 Å². The summed E-state index contributed by atoms with van der Waals surface area (Å²) >= 11 is 3.19. The minimum atomic E-state index is -0.247. The Kier molecular flexibility index (Phi) is 4.15. The maximum atomic E-state index is 13.1. The molecule has 0 saturated heterocycles. The highest BCUT2D eigenvalue weighted by molar-refractivity contribution is 9.10. The van der Waals surface area contributed by atoms with Crippen molar-refractivity contribution in [2.24, 2.45) is 5.73 Å². The van der Waals surface area contributed by atoms with Crippen LogP contribution in [-0.2, 0) is 6.42 Å². The van der Waals surface area contributed by atoms with Crippen LogP contribution >= 0.6 is 15.9 Å². The summed E-state index contributed by atoms with van der Waals surface area (Å²) in [4.78, 5) is 0. The zero-order chi connectivity index (χ0) is 13.1. The van der Waals surface area contributed by atoms with Crippen LogP contribution in [0.3, 0.4) is 0 Å². The molecule has 0 aliphatic rings. The molecule has 2 aromatic carbocycles. The van der Waals surface area contributed by atoms with Crippen molar-refractivity contribution < 1.29 is 4.39 Å². The lowest BCUT2D eigenvalue weighted by atomic mass is 9.98. The minimum Gasteiger partial charge on any atom is -0.324 e. The third-order valence-corrected chi connectivity index (χ3v) is 3.52. The summed E-state index contributed by atoms with van der Waals surface area (Å²) < 4.78 is 13.6. The molecule has 0 spiro atoms. The van der Waals surface area contributed by atoms with Crippen LogP contribution in [0.1, 0.15) is 22.7 Å². The number of benzene rings is 2. The molecule has 1 unspecified atom stereocenters. The SMILES string of the molecule is Cc1cccc(C(N)Cc2ccc(F)c(Br)c2)c1. The highest BCUT2D eigenvalue weighted by atomic mass is 79.9. The summed E-state index contributed by atoms with van der Waals surface area (Å²) in [6.45, 7) is 2.05. The van der Waals surface area contributed by atoms with Gasteiger partial charge in [-0.2, -0.15) is 0 Å². The summed E-state index contributed by atoms with van der Waals surface area (Å²) in [5.41, 5.74) is 9.50. The number of nitrogens with two attached hydrogens (primary N) is 1. The second-order valence-electron chi connectivity index (χ2n) is 4.47. The van der Waals surface area contributed by atoms with Crippen molar-refractivity contribution in [3.8, 4) is 0 Å². The number of halogens is 2. The zero-order valence-electron chi connectivity index (χ0n) is 10.2. The van der Waals surface area contributed by atoms with Crippen LogP contribution in [0.25, 0.3) is 0 Å². The molecule has 18 heavy (non-hydrogen) atoms. The van der Waals surface area contributed by atoms with Gasteiger partial charge in [-0.15, -0.1) is 0 Å². The average Bonchev–Trinajstić information content (AvgIpc) is 2.34. The lowest BCUT2D eigenvalue weighted by Crippen LogP contribution is -2.13. The van der Waals surface area contributed by atoms with Gasteiger partial charge in [-0.05, 0) is 52.5 Å². The van der Waals surface area contributed by atoms with Gasteiger partial charge in [0.05, 0.1) is 4.47 Å². The van der Waals surface area contributed by atoms with E-state index in [1.807, 2.05) is 25.1 Å². The molecular weight excluding hydrogens is 293 g/mol. The number of hydrogen-bond acceptors (Lipinski definition) is 1. The Hall–Kier alpha value is -1.19. The van der Waals surface area contributed by atoms with E-state index < -0.39 is 0 Å². The van der Waals surface area contributed by atoms with Crippen LogP contribution in [-0.4, -0.2) is 0 Å². The molecule has 2 rings (SSSR count). The number of aryl methyl sites for hydroxylation is 1. The van der Waals surface area contributed by atoms with Crippen LogP contribution in [0, 0.1) is 12.7 Å². The van der Waals surface area contributed by atoms with E-state index in [2.05, 4.69) is 22.0 Å². The van der Waals surface area contributed by atoms with Gasteiger partial charge in [-0.25, -0.2) is 4.39 Å². The first-order valence-electron chi connectivity index (χ1n) is 5.82. The largest absolute Gasteiger partial charge is 0.324 e. The molecule has 0 aliphatic carbocycles. The van der Waals surface area contributed by atoms with Crippen molar-refractivity contribution in [2.75, 3.05) is 0 Å². The molecule has 2 N–H and O–H groups in total. The maximum absolute atomic E-state index is 13.1. The number of hydrogen-bond donors (Lipinski definition) is 1. The van der Waals surface area contributed by atoms with E-state index in [9.17, 15) is 4.39 Å². The van der Waals surface area contributed by atoms with E-state index in [0.717, 1.165) is 11.1 Å². The molecule has 1 nitrogen and oxygen atoms in total. The molecular formula is C15H15BrFN. The third kappa shape index (κ3) is 3.18. The van der Waals surface area contributed by atoms with Crippen molar-refractivity contribution in [1.29, 1.82) is 0 Å². The van der Waals surface area contributed by atoms with Gasteiger partial charge in [-0.1, -0.05) is 35.9 Å². The normalized spacial score (nSPS) is 12.4. The zero-order valence-corrected chi connectivity index (χ0v) is 11.7. The molecule has 0 heterocycles. The van der Waals surface area contributed by atoms with E-state index in [1.165, 1.54) is 11.6 Å². The van der Waals surface area contributed by atoms with Crippen molar-refractivity contribution >= 4 is 15.9 Å². The van der Waals surface area contributed by atoms with Gasteiger partial charge in [0.1, 0.15) is 5.82 Å². The Bertz CT molecular complexity index is 554. The first-order valence-corrected chi connectivity index (χ1v) is 6.61. The summed E-state index contributed by atoms with van der Waals surface area (Å²) in [6, 6.07) is 13.1. The fraction of sp³-hybridized carbons (Fsp3) is 0.200. The second kappa shape index (κ2) is 5.63. The van der Waals surface area contributed by atoms with Crippen molar-refractivity contribution in [3.05, 3.63) is 69.4 Å². The topological polar surface area (TPSA) is 26.0 Å². The van der Waals surface area contributed by atoms with E-state index in [0.29, 0.717) is 10.9 Å². The number of rotatable bonds is 3. The molecule has 0 radical (unpaired) electrons. The standard InChI is InChI=1S/C15H15BrFN/c1-10-3-2-4-12(7-10)15(18)9-11-5-6-14(17)13(16)8-11/h2-8,15H,9,18H2,1H3. The Morgan fingerprint density at radius 2 is 2.00 bits per heavy atom. The van der Waals surface area contributed by atoms with Crippen molar-refractivity contribution in [2.45, 2.75) is 19.4 Å². The van der Waals surface area contributed by atoms with E-state index in [4.69, 9.17) is 5.73 Å². The molecule has 0 amide bonds. The minimum absolute atomic E-state index is 0.0674. The van der Waals surface area contributed by atoms with Crippen LogP contribution < -0.4 is 5.73 Å². The Balaban J connectivity index is 2.16. The van der Waals surface area contributed by atoms with Gasteiger partial charge >= 0.3 is 0 Å². The summed E-state index contributed by atoms with van der Waals surface area (Å²) in [5.74, 6) is -0.247. The van der Waals surface area contributed by atoms with E-state index >= 15 is 0 Å².